The van der Waals surface area contributed by atoms with Gasteiger partial charge in [0.05, 0.1) is 32.4 Å². The standard InChI is InChI=1S/C23H21FN2O3/c1-27-20-12-16(13-21(28-2)22(20)29-3)23-25-18-9-4-5-10-19(18)26(23)14-15-7-6-8-17(24)11-15/h4-13H,14H2,1-3H3. The van der Waals surface area contributed by atoms with Gasteiger partial charge in [-0.1, -0.05) is 24.3 Å². The first-order chi connectivity index (χ1) is 14.1. The molecule has 0 spiro atoms. The van der Waals surface area contributed by atoms with Crippen molar-refractivity contribution in [2.24, 2.45) is 0 Å². The molecule has 1 aromatic heterocycles. The Kier molecular flexibility index (Phi) is 5.08. The van der Waals surface area contributed by atoms with E-state index in [1.165, 1.54) is 12.1 Å². The Balaban J connectivity index is 1.92. The number of hydrogen-bond acceptors (Lipinski definition) is 4. The number of nitrogens with zero attached hydrogens (tertiary/aromatic N) is 2. The van der Waals surface area contributed by atoms with Gasteiger partial charge in [0.15, 0.2) is 11.5 Å². The van der Waals surface area contributed by atoms with Gasteiger partial charge in [0.2, 0.25) is 5.75 Å². The number of hydrogen-bond donors (Lipinski definition) is 0. The van der Waals surface area contributed by atoms with Crippen LogP contribution in [0.15, 0.2) is 60.7 Å². The maximum Gasteiger partial charge on any atom is 0.203 e. The van der Waals surface area contributed by atoms with Crippen LogP contribution in [0.3, 0.4) is 0 Å². The average Bonchev–Trinajstić information content (AvgIpc) is 3.11. The van der Waals surface area contributed by atoms with Crippen LogP contribution in [-0.4, -0.2) is 30.9 Å². The summed E-state index contributed by atoms with van der Waals surface area (Å²) in [6.07, 6.45) is 0. The maximum atomic E-state index is 13.7. The molecule has 0 aliphatic carbocycles. The Morgan fingerprint density at radius 1 is 0.862 bits per heavy atom. The predicted molar refractivity (Wildman–Crippen MR) is 110 cm³/mol. The summed E-state index contributed by atoms with van der Waals surface area (Å²) in [6.45, 7) is 0.476. The molecule has 0 unspecified atom stereocenters. The number of benzene rings is 3. The SMILES string of the molecule is COc1cc(-c2nc3ccccc3n2Cc2cccc(F)c2)cc(OC)c1OC. The summed E-state index contributed by atoms with van der Waals surface area (Å²) < 4.78 is 32.2. The van der Waals surface area contributed by atoms with E-state index in [9.17, 15) is 4.39 Å². The van der Waals surface area contributed by atoms with Gasteiger partial charge < -0.3 is 18.8 Å². The van der Waals surface area contributed by atoms with Gasteiger partial charge in [-0.3, -0.25) is 0 Å². The molecule has 1 heterocycles. The van der Waals surface area contributed by atoms with E-state index in [2.05, 4.69) is 4.57 Å². The summed E-state index contributed by atoms with van der Waals surface area (Å²) in [5.41, 5.74) is 3.47. The molecule has 0 amide bonds. The lowest BCUT2D eigenvalue weighted by Crippen LogP contribution is -2.03. The summed E-state index contributed by atoms with van der Waals surface area (Å²) >= 11 is 0. The first-order valence-corrected chi connectivity index (χ1v) is 9.14. The van der Waals surface area contributed by atoms with Gasteiger partial charge in [0.1, 0.15) is 11.6 Å². The van der Waals surface area contributed by atoms with Crippen molar-refractivity contribution >= 4 is 11.0 Å². The summed E-state index contributed by atoms with van der Waals surface area (Å²) in [5.74, 6) is 2.08. The lowest BCUT2D eigenvalue weighted by molar-refractivity contribution is 0.324. The van der Waals surface area contributed by atoms with E-state index in [1.54, 1.807) is 27.4 Å². The van der Waals surface area contributed by atoms with Gasteiger partial charge in [-0.15, -0.1) is 0 Å². The third kappa shape index (κ3) is 3.49. The number of aromatic nitrogens is 2. The van der Waals surface area contributed by atoms with Crippen LogP contribution >= 0.6 is 0 Å². The minimum atomic E-state index is -0.263. The van der Waals surface area contributed by atoms with Gasteiger partial charge in [0.25, 0.3) is 0 Å². The average molecular weight is 392 g/mol. The first-order valence-electron chi connectivity index (χ1n) is 9.14. The topological polar surface area (TPSA) is 45.5 Å². The molecule has 0 radical (unpaired) electrons. The van der Waals surface area contributed by atoms with Crippen LogP contribution in [0.4, 0.5) is 4.39 Å². The van der Waals surface area contributed by atoms with E-state index >= 15 is 0 Å². The van der Waals surface area contributed by atoms with E-state index in [-0.39, 0.29) is 5.82 Å². The number of fused-ring (bicyclic) bond motifs is 1. The van der Waals surface area contributed by atoms with Crippen molar-refractivity contribution < 1.29 is 18.6 Å². The minimum Gasteiger partial charge on any atom is -0.493 e. The van der Waals surface area contributed by atoms with Crippen LogP contribution in [0, 0.1) is 5.82 Å². The number of para-hydroxylation sites is 2. The molecular weight excluding hydrogens is 371 g/mol. The van der Waals surface area contributed by atoms with E-state index in [1.807, 2.05) is 42.5 Å². The summed E-state index contributed by atoms with van der Waals surface area (Å²) in [4.78, 5) is 4.83. The Bertz CT molecular complexity index is 1140. The molecule has 0 fully saturated rings. The van der Waals surface area contributed by atoms with Crippen molar-refractivity contribution in [2.45, 2.75) is 6.54 Å². The lowest BCUT2D eigenvalue weighted by atomic mass is 10.1. The Labute approximate surface area is 168 Å². The van der Waals surface area contributed by atoms with Crippen molar-refractivity contribution in [2.75, 3.05) is 21.3 Å². The molecular formula is C23H21FN2O3. The van der Waals surface area contributed by atoms with Crippen LogP contribution in [-0.2, 0) is 6.54 Å². The largest absolute Gasteiger partial charge is 0.493 e. The molecule has 0 atom stereocenters. The first kappa shape index (κ1) is 18.8. The van der Waals surface area contributed by atoms with Crippen molar-refractivity contribution in [1.29, 1.82) is 0 Å². The number of halogens is 1. The number of ether oxygens (including phenoxy) is 3. The zero-order valence-corrected chi connectivity index (χ0v) is 16.5. The van der Waals surface area contributed by atoms with Crippen LogP contribution in [0.5, 0.6) is 17.2 Å². The summed E-state index contributed by atoms with van der Waals surface area (Å²) in [7, 11) is 4.73. The van der Waals surface area contributed by atoms with E-state index in [0.717, 1.165) is 28.0 Å². The third-order valence-electron chi connectivity index (χ3n) is 4.81. The van der Waals surface area contributed by atoms with Gasteiger partial charge in [-0.25, -0.2) is 9.37 Å². The van der Waals surface area contributed by atoms with Crippen molar-refractivity contribution in [3.05, 3.63) is 72.0 Å². The monoisotopic (exact) mass is 392 g/mol. The second kappa shape index (κ2) is 7.83. The van der Waals surface area contributed by atoms with Crippen LogP contribution < -0.4 is 14.2 Å². The number of methoxy groups -OCH3 is 3. The van der Waals surface area contributed by atoms with E-state index in [4.69, 9.17) is 19.2 Å². The van der Waals surface area contributed by atoms with E-state index < -0.39 is 0 Å². The number of rotatable bonds is 6. The quantitative estimate of drug-likeness (QED) is 0.467. The molecule has 0 bridgehead atoms. The molecule has 0 saturated carbocycles. The molecule has 5 nitrogen and oxygen atoms in total. The molecule has 0 aliphatic heterocycles. The minimum absolute atomic E-state index is 0.263. The Morgan fingerprint density at radius 2 is 1.59 bits per heavy atom. The Hall–Kier alpha value is -3.54. The van der Waals surface area contributed by atoms with Gasteiger partial charge in [-0.2, -0.15) is 0 Å². The number of imidazole rings is 1. The van der Waals surface area contributed by atoms with Crippen LogP contribution in [0.1, 0.15) is 5.56 Å². The normalized spacial score (nSPS) is 10.9. The van der Waals surface area contributed by atoms with Crippen molar-refractivity contribution in [3.63, 3.8) is 0 Å². The fourth-order valence-corrected chi connectivity index (χ4v) is 3.48. The highest BCUT2D eigenvalue weighted by Gasteiger charge is 2.19. The summed E-state index contributed by atoms with van der Waals surface area (Å²) in [5, 5.41) is 0. The smallest absolute Gasteiger partial charge is 0.203 e. The van der Waals surface area contributed by atoms with Crippen LogP contribution in [0.25, 0.3) is 22.4 Å². The molecule has 29 heavy (non-hydrogen) atoms. The molecule has 0 N–H and O–H groups in total. The second-order valence-electron chi connectivity index (χ2n) is 6.55. The molecule has 0 aliphatic rings. The zero-order valence-electron chi connectivity index (χ0n) is 16.5. The molecule has 4 rings (SSSR count). The molecule has 148 valence electrons. The third-order valence-corrected chi connectivity index (χ3v) is 4.81. The highest BCUT2D eigenvalue weighted by Crippen LogP contribution is 2.41. The van der Waals surface area contributed by atoms with Gasteiger partial charge in [0, 0.05) is 12.1 Å². The highest BCUT2D eigenvalue weighted by molar-refractivity contribution is 5.81. The fraction of sp³-hybridized carbons (Fsp3) is 0.174. The molecule has 6 heteroatoms. The maximum absolute atomic E-state index is 13.7. The predicted octanol–water partition coefficient (Wildman–Crippen LogP) is 4.92. The fourth-order valence-electron chi connectivity index (χ4n) is 3.48. The Morgan fingerprint density at radius 3 is 2.24 bits per heavy atom. The molecule has 0 saturated heterocycles. The summed E-state index contributed by atoms with van der Waals surface area (Å²) in [6, 6.07) is 18.2. The van der Waals surface area contributed by atoms with Crippen LogP contribution in [0.2, 0.25) is 0 Å². The van der Waals surface area contributed by atoms with Gasteiger partial charge in [-0.05, 0) is 42.0 Å². The van der Waals surface area contributed by atoms with Crippen molar-refractivity contribution in [1.82, 2.24) is 9.55 Å². The molecule has 4 aromatic rings. The van der Waals surface area contributed by atoms with Gasteiger partial charge >= 0.3 is 0 Å². The molecule has 3 aromatic carbocycles. The second-order valence-corrected chi connectivity index (χ2v) is 6.55. The van der Waals surface area contributed by atoms with Crippen molar-refractivity contribution in [3.8, 4) is 28.6 Å². The highest BCUT2D eigenvalue weighted by atomic mass is 19.1. The zero-order chi connectivity index (χ0) is 20.4. The lowest BCUT2D eigenvalue weighted by Gasteiger charge is -2.15. The van der Waals surface area contributed by atoms with E-state index in [0.29, 0.717) is 23.8 Å².